The summed E-state index contributed by atoms with van der Waals surface area (Å²) in [4.78, 5) is 12.6. The summed E-state index contributed by atoms with van der Waals surface area (Å²) in [5, 5.41) is 4.67. The first-order chi connectivity index (χ1) is 12.7. The van der Waals surface area contributed by atoms with E-state index in [9.17, 15) is 0 Å². The summed E-state index contributed by atoms with van der Waals surface area (Å²) in [6.45, 7) is 7.55. The van der Waals surface area contributed by atoms with Crippen molar-refractivity contribution in [3.63, 3.8) is 0 Å². The molecule has 6 heteroatoms. The van der Waals surface area contributed by atoms with Crippen LogP contribution in [0.5, 0.6) is 0 Å². The number of hydrogen-bond acceptors (Lipinski definition) is 4. The van der Waals surface area contributed by atoms with Gasteiger partial charge in [-0.3, -0.25) is 4.99 Å². The Morgan fingerprint density at radius 1 is 1.42 bits per heavy atom. The molecule has 2 heterocycles. The van der Waals surface area contributed by atoms with E-state index < -0.39 is 0 Å². The fourth-order valence-electron chi connectivity index (χ4n) is 3.22. The molecule has 1 fully saturated rings. The van der Waals surface area contributed by atoms with Crippen LogP contribution in [0.2, 0.25) is 0 Å². The Morgan fingerprint density at radius 2 is 2.27 bits per heavy atom. The molecule has 0 amide bonds. The lowest BCUT2D eigenvalue weighted by Gasteiger charge is -2.35. The van der Waals surface area contributed by atoms with Crippen LogP contribution < -0.4 is 5.32 Å². The van der Waals surface area contributed by atoms with Gasteiger partial charge in [-0.25, -0.2) is 4.98 Å². The van der Waals surface area contributed by atoms with Crippen molar-refractivity contribution in [2.45, 2.75) is 32.8 Å². The lowest BCUT2D eigenvalue weighted by molar-refractivity contribution is -0.00829. The van der Waals surface area contributed by atoms with Gasteiger partial charge in [0.1, 0.15) is 6.10 Å². The second-order valence-corrected chi connectivity index (χ2v) is 7.66. The van der Waals surface area contributed by atoms with Crippen molar-refractivity contribution < 1.29 is 4.74 Å². The Hall–Kier alpha value is -1.92. The summed E-state index contributed by atoms with van der Waals surface area (Å²) >= 11 is 1.80. The smallest absolute Gasteiger partial charge is 0.193 e. The van der Waals surface area contributed by atoms with E-state index in [1.165, 1.54) is 21.0 Å². The minimum absolute atomic E-state index is 0.0922. The molecule has 0 spiro atoms. The molecule has 1 aliphatic heterocycles. The fraction of sp³-hybridized carbons (Fsp3) is 0.500. The van der Waals surface area contributed by atoms with Gasteiger partial charge in [-0.05, 0) is 24.5 Å². The van der Waals surface area contributed by atoms with Crippen molar-refractivity contribution >= 4 is 17.3 Å². The second-order valence-electron chi connectivity index (χ2n) is 6.46. The van der Waals surface area contributed by atoms with Crippen molar-refractivity contribution in [3.05, 3.63) is 51.5 Å². The van der Waals surface area contributed by atoms with Gasteiger partial charge in [0.25, 0.3) is 0 Å². The van der Waals surface area contributed by atoms with Gasteiger partial charge >= 0.3 is 0 Å². The number of rotatable bonds is 5. The molecule has 0 bridgehead atoms. The van der Waals surface area contributed by atoms with Crippen LogP contribution in [0.25, 0.3) is 0 Å². The van der Waals surface area contributed by atoms with Crippen molar-refractivity contribution in [2.75, 3.05) is 33.3 Å². The largest absolute Gasteiger partial charge is 0.370 e. The molecule has 5 nitrogen and oxygen atoms in total. The minimum Gasteiger partial charge on any atom is -0.370 e. The molecule has 1 aromatic carbocycles. The maximum atomic E-state index is 6.03. The van der Waals surface area contributed by atoms with Gasteiger partial charge in [-0.15, -0.1) is 11.3 Å². The van der Waals surface area contributed by atoms with E-state index in [1.54, 1.807) is 11.3 Å². The number of thiazole rings is 1. The third-order valence-corrected chi connectivity index (χ3v) is 5.89. The summed E-state index contributed by atoms with van der Waals surface area (Å²) < 4.78 is 6.03. The molecule has 3 rings (SSSR count). The van der Waals surface area contributed by atoms with Crippen LogP contribution in [-0.2, 0) is 17.6 Å². The zero-order valence-corrected chi connectivity index (χ0v) is 16.7. The lowest BCUT2D eigenvalue weighted by atomic mass is 10.0. The molecular formula is C20H28N4OS. The number of aliphatic imine (C=N–C) groups is 1. The zero-order valence-electron chi connectivity index (χ0n) is 15.9. The number of morpholine rings is 1. The Balaban J connectivity index is 1.56. The van der Waals surface area contributed by atoms with Crippen LogP contribution >= 0.6 is 11.3 Å². The summed E-state index contributed by atoms with van der Waals surface area (Å²) in [6.07, 6.45) is 4.06. The topological polar surface area (TPSA) is 49.8 Å². The molecule has 1 saturated heterocycles. The third kappa shape index (κ3) is 4.62. The third-order valence-electron chi connectivity index (χ3n) is 4.69. The van der Waals surface area contributed by atoms with Gasteiger partial charge in [0, 0.05) is 37.6 Å². The number of nitrogens with zero attached hydrogens (tertiary/aromatic N) is 3. The predicted octanol–water partition coefficient (Wildman–Crippen LogP) is 3.21. The number of benzene rings is 1. The summed E-state index contributed by atoms with van der Waals surface area (Å²) in [7, 11) is 1.85. The summed E-state index contributed by atoms with van der Waals surface area (Å²) in [6, 6.07) is 8.45. The van der Waals surface area contributed by atoms with Crippen LogP contribution in [0.1, 0.15) is 34.0 Å². The monoisotopic (exact) mass is 372 g/mol. The molecule has 1 N–H and O–H groups in total. The van der Waals surface area contributed by atoms with Gasteiger partial charge in [-0.1, -0.05) is 31.2 Å². The van der Waals surface area contributed by atoms with Gasteiger partial charge in [0.15, 0.2) is 5.96 Å². The minimum atomic E-state index is 0.0922. The van der Waals surface area contributed by atoms with Crippen LogP contribution in [0.3, 0.4) is 0 Å². The highest BCUT2D eigenvalue weighted by atomic mass is 32.1. The molecule has 1 aromatic heterocycles. The van der Waals surface area contributed by atoms with Crippen molar-refractivity contribution in [1.29, 1.82) is 0 Å². The highest BCUT2D eigenvalue weighted by molar-refractivity contribution is 7.11. The maximum absolute atomic E-state index is 6.03. The Morgan fingerprint density at radius 3 is 3.00 bits per heavy atom. The molecule has 2 aromatic rings. The predicted molar refractivity (Wildman–Crippen MR) is 108 cm³/mol. The first kappa shape index (κ1) is 18.9. The van der Waals surface area contributed by atoms with Crippen molar-refractivity contribution in [1.82, 2.24) is 15.2 Å². The fourth-order valence-corrected chi connectivity index (χ4v) is 4.08. The number of aromatic nitrogens is 1. The van der Waals surface area contributed by atoms with Crippen LogP contribution in [0.4, 0.5) is 0 Å². The Bertz CT molecular complexity index is 743. The molecule has 26 heavy (non-hydrogen) atoms. The highest BCUT2D eigenvalue weighted by Crippen LogP contribution is 2.25. The lowest BCUT2D eigenvalue weighted by Crippen LogP contribution is -2.48. The second kappa shape index (κ2) is 9.14. The van der Waals surface area contributed by atoms with Gasteiger partial charge in [0.05, 0.1) is 18.2 Å². The number of hydrogen-bond donors (Lipinski definition) is 1. The maximum Gasteiger partial charge on any atom is 0.193 e. The number of guanidine groups is 1. The van der Waals surface area contributed by atoms with Crippen LogP contribution in [0, 0.1) is 6.92 Å². The van der Waals surface area contributed by atoms with Gasteiger partial charge in [-0.2, -0.15) is 0 Å². The number of aryl methyl sites for hydroxylation is 2. The summed E-state index contributed by atoms with van der Waals surface area (Å²) in [5.74, 6) is 0.944. The molecule has 1 unspecified atom stereocenters. The Kier molecular flexibility index (Phi) is 6.63. The Labute approximate surface area is 160 Å². The molecular weight excluding hydrogens is 344 g/mol. The summed E-state index contributed by atoms with van der Waals surface area (Å²) in [5.41, 5.74) is 2.54. The first-order valence-corrected chi connectivity index (χ1v) is 10.1. The van der Waals surface area contributed by atoms with E-state index >= 15 is 0 Å². The number of nitrogens with one attached hydrogen (secondary N) is 1. The molecule has 140 valence electrons. The normalized spacial score (nSPS) is 18.2. The molecule has 0 aliphatic carbocycles. The van der Waals surface area contributed by atoms with E-state index in [1.807, 2.05) is 13.2 Å². The van der Waals surface area contributed by atoms with E-state index in [0.717, 1.165) is 38.4 Å². The van der Waals surface area contributed by atoms with E-state index in [4.69, 9.17) is 4.74 Å². The average Bonchev–Trinajstić information content (AvgIpc) is 3.14. The van der Waals surface area contributed by atoms with Crippen molar-refractivity contribution in [3.8, 4) is 0 Å². The highest BCUT2D eigenvalue weighted by Gasteiger charge is 2.25. The van der Waals surface area contributed by atoms with Gasteiger partial charge < -0.3 is 15.0 Å². The molecule has 0 radical (unpaired) electrons. The molecule has 0 saturated carbocycles. The van der Waals surface area contributed by atoms with E-state index in [2.05, 4.69) is 58.3 Å². The zero-order chi connectivity index (χ0) is 18.4. The van der Waals surface area contributed by atoms with Crippen LogP contribution in [0.15, 0.2) is 35.5 Å². The molecule has 1 atom stereocenters. The van der Waals surface area contributed by atoms with E-state index in [-0.39, 0.29) is 6.10 Å². The van der Waals surface area contributed by atoms with Crippen LogP contribution in [-0.4, -0.2) is 49.1 Å². The van der Waals surface area contributed by atoms with E-state index in [0.29, 0.717) is 6.61 Å². The average molecular weight is 373 g/mol. The number of ether oxygens (including phenoxy) is 1. The molecule has 1 aliphatic rings. The van der Waals surface area contributed by atoms with Gasteiger partial charge in [0.2, 0.25) is 0 Å². The standard InChI is InChI=1S/C20H28N4OS/c1-4-16-13-23-19(26-16)9-10-22-20(21-3)24-11-12-25-18(14-24)17-8-6-5-7-15(17)2/h5-8,13,18H,4,9-12,14H2,1-3H3,(H,21,22). The van der Waals surface area contributed by atoms with Crippen molar-refractivity contribution in [2.24, 2.45) is 4.99 Å². The SMILES string of the molecule is CCc1cnc(CCNC(=NC)N2CCOC(c3ccccc3C)C2)s1. The quantitative estimate of drug-likeness (QED) is 0.647. The first-order valence-electron chi connectivity index (χ1n) is 9.27.